The molecule has 1 heterocycles. The second-order valence-corrected chi connectivity index (χ2v) is 5.64. The summed E-state index contributed by atoms with van der Waals surface area (Å²) in [6.07, 6.45) is 7.00. The van der Waals surface area contributed by atoms with Crippen LogP contribution in [0.25, 0.3) is 0 Å². The van der Waals surface area contributed by atoms with Gasteiger partial charge in [-0.1, -0.05) is 18.2 Å². The fraction of sp³-hybridized carbons (Fsp3) is 0.667. The van der Waals surface area contributed by atoms with Crippen molar-refractivity contribution in [1.82, 2.24) is 15.3 Å². The molecule has 1 saturated carbocycles. The van der Waals surface area contributed by atoms with Crippen molar-refractivity contribution in [3.63, 3.8) is 0 Å². The first-order valence-electron chi connectivity index (χ1n) is 5.91. The molecule has 2 unspecified atom stereocenters. The zero-order valence-electron chi connectivity index (χ0n) is 9.94. The van der Waals surface area contributed by atoms with E-state index in [9.17, 15) is 0 Å². The lowest BCUT2D eigenvalue weighted by Crippen LogP contribution is -2.32. The monoisotopic (exact) mass is 237 g/mol. The Morgan fingerprint density at radius 1 is 1.44 bits per heavy atom. The Morgan fingerprint density at radius 3 is 3.06 bits per heavy atom. The second kappa shape index (κ2) is 5.64. The van der Waals surface area contributed by atoms with E-state index in [1.54, 1.807) is 0 Å². The average Bonchev–Trinajstić information content (AvgIpc) is 2.29. The summed E-state index contributed by atoms with van der Waals surface area (Å²) in [5, 5.41) is 4.98. The molecule has 1 fully saturated rings. The molecule has 1 aliphatic carbocycles. The zero-order chi connectivity index (χ0) is 11.4. The molecular formula is C12H19N3S. The molecule has 16 heavy (non-hydrogen) atoms. The van der Waals surface area contributed by atoms with E-state index in [0.717, 1.165) is 10.9 Å². The van der Waals surface area contributed by atoms with Crippen LogP contribution < -0.4 is 5.32 Å². The summed E-state index contributed by atoms with van der Waals surface area (Å²) in [5.74, 6) is 0. The lowest BCUT2D eigenvalue weighted by atomic mass is 9.95. The number of thioether (sulfide) groups is 1. The lowest BCUT2D eigenvalue weighted by Gasteiger charge is -2.27. The number of rotatable bonds is 3. The van der Waals surface area contributed by atoms with Gasteiger partial charge in [-0.3, -0.25) is 0 Å². The van der Waals surface area contributed by atoms with Crippen LogP contribution in [0.5, 0.6) is 0 Å². The van der Waals surface area contributed by atoms with E-state index in [2.05, 4.69) is 22.3 Å². The fourth-order valence-corrected chi connectivity index (χ4v) is 3.38. The van der Waals surface area contributed by atoms with Crippen LogP contribution in [0.1, 0.15) is 31.4 Å². The first-order valence-corrected chi connectivity index (χ1v) is 6.79. The quantitative estimate of drug-likeness (QED) is 0.819. The first kappa shape index (κ1) is 11.9. The molecule has 0 aromatic carbocycles. The molecule has 0 aliphatic heterocycles. The Labute approximate surface area is 101 Å². The molecule has 0 amide bonds. The molecule has 1 N–H and O–H groups in total. The van der Waals surface area contributed by atoms with E-state index in [4.69, 9.17) is 0 Å². The number of hydrogen-bond donors (Lipinski definition) is 1. The Kier molecular flexibility index (Phi) is 4.18. The third-order valence-electron chi connectivity index (χ3n) is 3.08. The minimum atomic E-state index is 0.674. The fourth-order valence-electron chi connectivity index (χ4n) is 2.15. The van der Waals surface area contributed by atoms with Gasteiger partial charge in [0.05, 0.1) is 0 Å². The van der Waals surface area contributed by atoms with Gasteiger partial charge in [-0.25, -0.2) is 9.97 Å². The van der Waals surface area contributed by atoms with Crippen molar-refractivity contribution in [3.8, 4) is 0 Å². The lowest BCUT2D eigenvalue weighted by molar-refractivity contribution is 0.402. The minimum Gasteiger partial charge on any atom is -0.317 e. The molecule has 0 radical (unpaired) electrons. The van der Waals surface area contributed by atoms with Crippen LogP contribution in [0.15, 0.2) is 17.4 Å². The number of nitrogens with zero attached hydrogens (tertiary/aromatic N) is 2. The third-order valence-corrected chi connectivity index (χ3v) is 4.25. The summed E-state index contributed by atoms with van der Waals surface area (Å²) in [5.41, 5.74) is 1.05. The van der Waals surface area contributed by atoms with Gasteiger partial charge in [-0.2, -0.15) is 0 Å². The Bertz CT molecular complexity index is 343. The zero-order valence-corrected chi connectivity index (χ0v) is 10.8. The van der Waals surface area contributed by atoms with Crippen LogP contribution in [0.3, 0.4) is 0 Å². The molecular weight excluding hydrogens is 218 g/mol. The van der Waals surface area contributed by atoms with Gasteiger partial charge in [-0.05, 0) is 39.3 Å². The number of aromatic nitrogens is 2. The molecule has 88 valence electrons. The van der Waals surface area contributed by atoms with Crippen LogP contribution in [0.2, 0.25) is 0 Å². The van der Waals surface area contributed by atoms with Crippen LogP contribution in [-0.4, -0.2) is 28.3 Å². The molecule has 0 saturated heterocycles. The van der Waals surface area contributed by atoms with Crippen molar-refractivity contribution in [2.45, 2.75) is 49.1 Å². The first-order chi connectivity index (χ1) is 7.78. The Morgan fingerprint density at radius 2 is 2.31 bits per heavy atom. The van der Waals surface area contributed by atoms with Crippen LogP contribution >= 0.6 is 11.8 Å². The van der Waals surface area contributed by atoms with Crippen LogP contribution in [0, 0.1) is 6.92 Å². The molecule has 2 rings (SSSR count). The maximum absolute atomic E-state index is 4.45. The third kappa shape index (κ3) is 3.19. The van der Waals surface area contributed by atoms with Gasteiger partial charge in [0, 0.05) is 23.2 Å². The Hall–Kier alpha value is -0.610. The highest BCUT2D eigenvalue weighted by Gasteiger charge is 2.22. The topological polar surface area (TPSA) is 37.8 Å². The summed E-state index contributed by atoms with van der Waals surface area (Å²) in [6, 6.07) is 2.62. The minimum absolute atomic E-state index is 0.674. The van der Waals surface area contributed by atoms with Gasteiger partial charge in [0.25, 0.3) is 0 Å². The van der Waals surface area contributed by atoms with Gasteiger partial charge in [-0.15, -0.1) is 0 Å². The number of nitrogens with one attached hydrogen (secondary N) is 1. The highest BCUT2D eigenvalue weighted by molar-refractivity contribution is 7.99. The molecule has 0 spiro atoms. The Balaban J connectivity index is 1.94. The van der Waals surface area contributed by atoms with Crippen molar-refractivity contribution in [3.05, 3.63) is 18.0 Å². The number of aryl methyl sites for hydroxylation is 1. The second-order valence-electron chi connectivity index (χ2n) is 4.37. The van der Waals surface area contributed by atoms with Crippen molar-refractivity contribution in [2.75, 3.05) is 7.05 Å². The van der Waals surface area contributed by atoms with Crippen molar-refractivity contribution in [1.29, 1.82) is 0 Å². The highest BCUT2D eigenvalue weighted by Crippen LogP contribution is 2.31. The van der Waals surface area contributed by atoms with Crippen molar-refractivity contribution in [2.24, 2.45) is 0 Å². The highest BCUT2D eigenvalue weighted by atomic mass is 32.2. The maximum atomic E-state index is 4.45. The van der Waals surface area contributed by atoms with E-state index in [-0.39, 0.29) is 0 Å². The van der Waals surface area contributed by atoms with Crippen molar-refractivity contribution < 1.29 is 0 Å². The van der Waals surface area contributed by atoms with E-state index in [1.807, 2.05) is 30.9 Å². The van der Waals surface area contributed by atoms with Crippen molar-refractivity contribution >= 4 is 11.8 Å². The van der Waals surface area contributed by atoms with E-state index < -0.39 is 0 Å². The van der Waals surface area contributed by atoms with Crippen LogP contribution in [0.4, 0.5) is 0 Å². The maximum Gasteiger partial charge on any atom is 0.187 e. The molecule has 4 heteroatoms. The molecule has 1 aromatic rings. The van der Waals surface area contributed by atoms with E-state index in [1.165, 1.54) is 25.7 Å². The van der Waals surface area contributed by atoms with Gasteiger partial charge >= 0.3 is 0 Å². The summed E-state index contributed by atoms with van der Waals surface area (Å²) in [7, 11) is 2.06. The average molecular weight is 237 g/mol. The van der Waals surface area contributed by atoms with Gasteiger partial charge in [0.2, 0.25) is 0 Å². The van der Waals surface area contributed by atoms with Gasteiger partial charge in [0.15, 0.2) is 5.16 Å². The summed E-state index contributed by atoms with van der Waals surface area (Å²) >= 11 is 1.84. The van der Waals surface area contributed by atoms with Gasteiger partial charge < -0.3 is 5.32 Å². The molecule has 1 aromatic heterocycles. The summed E-state index contributed by atoms with van der Waals surface area (Å²) in [6.45, 7) is 2.02. The standard InChI is InChI=1S/C12H19N3S/c1-9-6-7-14-12(15-9)16-11-5-3-4-10(8-11)13-2/h6-7,10-11,13H,3-5,8H2,1-2H3. The normalized spacial score (nSPS) is 25.6. The van der Waals surface area contributed by atoms with E-state index in [0.29, 0.717) is 11.3 Å². The molecule has 1 aliphatic rings. The predicted molar refractivity (Wildman–Crippen MR) is 67.7 cm³/mol. The molecule has 0 bridgehead atoms. The SMILES string of the molecule is CNC1CCCC(Sc2nccc(C)n2)C1. The molecule has 3 nitrogen and oxygen atoms in total. The largest absolute Gasteiger partial charge is 0.317 e. The van der Waals surface area contributed by atoms with Crippen LogP contribution in [-0.2, 0) is 0 Å². The van der Waals surface area contributed by atoms with Gasteiger partial charge in [0.1, 0.15) is 0 Å². The predicted octanol–water partition coefficient (Wildman–Crippen LogP) is 2.41. The number of hydrogen-bond acceptors (Lipinski definition) is 4. The van der Waals surface area contributed by atoms with E-state index >= 15 is 0 Å². The summed E-state index contributed by atoms with van der Waals surface area (Å²) < 4.78 is 0. The summed E-state index contributed by atoms with van der Waals surface area (Å²) in [4.78, 5) is 8.77. The smallest absolute Gasteiger partial charge is 0.187 e. The molecule has 2 atom stereocenters.